The number of likely N-dealkylation sites (tertiary alicyclic amines) is 1. The zero-order valence-corrected chi connectivity index (χ0v) is 13.1. The lowest BCUT2D eigenvalue weighted by molar-refractivity contribution is 0.261. The van der Waals surface area contributed by atoms with Crippen LogP contribution in [0.5, 0.6) is 0 Å². The summed E-state index contributed by atoms with van der Waals surface area (Å²) in [6, 6.07) is 11.5. The van der Waals surface area contributed by atoms with Crippen molar-refractivity contribution in [3.05, 3.63) is 48.4 Å². The van der Waals surface area contributed by atoms with Gasteiger partial charge in [0.05, 0.1) is 12.5 Å². The number of benzene rings is 1. The van der Waals surface area contributed by atoms with E-state index >= 15 is 0 Å². The van der Waals surface area contributed by atoms with E-state index in [0.29, 0.717) is 23.7 Å². The van der Waals surface area contributed by atoms with E-state index in [9.17, 15) is 0 Å². The van der Waals surface area contributed by atoms with Gasteiger partial charge in [-0.15, -0.1) is 0 Å². The molecule has 2 atom stereocenters. The first kappa shape index (κ1) is 14.1. The minimum absolute atomic E-state index is 0.373. The Morgan fingerprint density at radius 1 is 1.26 bits per heavy atom. The van der Waals surface area contributed by atoms with Crippen LogP contribution >= 0.6 is 0 Å². The molecule has 0 amide bonds. The number of nitrogens with one attached hydrogen (secondary N) is 2. The van der Waals surface area contributed by atoms with Crippen molar-refractivity contribution in [2.75, 3.05) is 18.4 Å². The lowest BCUT2D eigenvalue weighted by atomic mass is 10.1. The van der Waals surface area contributed by atoms with E-state index in [-0.39, 0.29) is 0 Å². The Morgan fingerprint density at radius 2 is 2.13 bits per heavy atom. The van der Waals surface area contributed by atoms with Crippen molar-refractivity contribution in [1.29, 1.82) is 0 Å². The Kier molecular flexibility index (Phi) is 3.67. The molecule has 1 saturated heterocycles. The molecule has 1 aliphatic rings. The minimum atomic E-state index is 0.373. The molecule has 1 aromatic carbocycles. The molecule has 0 saturated carbocycles. The van der Waals surface area contributed by atoms with E-state index in [2.05, 4.69) is 67.4 Å². The Balaban J connectivity index is 1.42. The molecule has 2 N–H and O–H groups in total. The number of rotatable bonds is 4. The number of hydrogen-bond donors (Lipinski definition) is 2. The molecular formula is C17H20N6. The molecule has 6 nitrogen and oxygen atoms in total. The predicted molar refractivity (Wildman–Crippen MR) is 90.1 cm³/mol. The minimum Gasteiger partial charge on any atom is -0.350 e. The van der Waals surface area contributed by atoms with Crippen molar-refractivity contribution in [1.82, 2.24) is 24.8 Å². The average Bonchev–Trinajstić information content (AvgIpc) is 3.24. The summed E-state index contributed by atoms with van der Waals surface area (Å²) in [4.78, 5) is 18.5. The summed E-state index contributed by atoms with van der Waals surface area (Å²) < 4.78 is 0. The number of anilines is 1. The quantitative estimate of drug-likeness (QED) is 0.775. The molecule has 1 aliphatic heterocycles. The fourth-order valence-electron chi connectivity index (χ4n) is 3.19. The van der Waals surface area contributed by atoms with Crippen LogP contribution in [0, 0.1) is 0 Å². The summed E-state index contributed by atoms with van der Waals surface area (Å²) in [5.41, 5.74) is 2.93. The van der Waals surface area contributed by atoms with Crippen LogP contribution in [0.1, 0.15) is 24.9 Å². The van der Waals surface area contributed by atoms with Gasteiger partial charge in [-0.2, -0.15) is 4.98 Å². The number of aromatic amines is 1. The number of hydrogen-bond acceptors (Lipinski definition) is 5. The second kappa shape index (κ2) is 5.96. The highest BCUT2D eigenvalue weighted by Gasteiger charge is 2.27. The van der Waals surface area contributed by atoms with Gasteiger partial charge in [0, 0.05) is 25.2 Å². The van der Waals surface area contributed by atoms with Crippen LogP contribution in [0.4, 0.5) is 5.95 Å². The van der Waals surface area contributed by atoms with Crippen molar-refractivity contribution in [3.63, 3.8) is 0 Å². The van der Waals surface area contributed by atoms with Crippen LogP contribution in [0.15, 0.2) is 42.9 Å². The molecule has 4 rings (SSSR count). The molecule has 0 bridgehead atoms. The van der Waals surface area contributed by atoms with E-state index in [4.69, 9.17) is 0 Å². The molecular weight excluding hydrogens is 288 g/mol. The van der Waals surface area contributed by atoms with Crippen LogP contribution in [0.3, 0.4) is 0 Å². The normalized spacial score (nSPS) is 20.0. The summed E-state index contributed by atoms with van der Waals surface area (Å²) in [6.07, 6.45) is 4.51. The molecule has 2 unspecified atom stereocenters. The fraction of sp³-hybridized carbons (Fsp3) is 0.353. The number of H-pyrrole nitrogens is 1. The second-order valence-electron chi connectivity index (χ2n) is 6.04. The standard InChI is InChI=1S/C17H20N6/c1-12(13-5-3-2-4-6-13)23-8-7-14(10-23)21-17-18-9-15-16(22-17)20-11-19-15/h2-6,9,11-12,14H,7-8,10H2,1H3,(H2,18,19,20,21,22). The molecule has 0 spiro atoms. The van der Waals surface area contributed by atoms with E-state index in [0.717, 1.165) is 25.0 Å². The first-order chi connectivity index (χ1) is 11.3. The highest BCUT2D eigenvalue weighted by Crippen LogP contribution is 2.25. The number of aromatic nitrogens is 4. The maximum atomic E-state index is 4.44. The molecule has 3 heterocycles. The number of imidazole rings is 1. The lowest BCUT2D eigenvalue weighted by Crippen LogP contribution is -2.29. The van der Waals surface area contributed by atoms with E-state index in [1.165, 1.54) is 5.56 Å². The summed E-state index contributed by atoms with van der Waals surface area (Å²) in [5, 5.41) is 3.44. The van der Waals surface area contributed by atoms with Gasteiger partial charge in [-0.05, 0) is 18.9 Å². The molecule has 0 aliphatic carbocycles. The monoisotopic (exact) mass is 308 g/mol. The van der Waals surface area contributed by atoms with Gasteiger partial charge < -0.3 is 10.3 Å². The molecule has 118 valence electrons. The van der Waals surface area contributed by atoms with Crippen LogP contribution in [-0.4, -0.2) is 44.0 Å². The Morgan fingerprint density at radius 3 is 3.00 bits per heavy atom. The summed E-state index contributed by atoms with van der Waals surface area (Å²) in [6.45, 7) is 4.35. The van der Waals surface area contributed by atoms with Gasteiger partial charge >= 0.3 is 0 Å². The SMILES string of the molecule is CC(c1ccccc1)N1CCC(Nc2ncc3[nH]cnc3n2)C1. The number of nitrogens with zero attached hydrogens (tertiary/aromatic N) is 4. The van der Waals surface area contributed by atoms with Gasteiger partial charge in [-0.25, -0.2) is 9.97 Å². The van der Waals surface area contributed by atoms with Crippen molar-refractivity contribution in [2.45, 2.75) is 25.4 Å². The van der Waals surface area contributed by atoms with Gasteiger partial charge in [-0.3, -0.25) is 4.90 Å². The maximum Gasteiger partial charge on any atom is 0.225 e. The third-order valence-corrected chi connectivity index (χ3v) is 4.56. The summed E-state index contributed by atoms with van der Waals surface area (Å²) >= 11 is 0. The third kappa shape index (κ3) is 2.90. The second-order valence-corrected chi connectivity index (χ2v) is 6.04. The zero-order chi connectivity index (χ0) is 15.6. The van der Waals surface area contributed by atoms with Crippen LogP contribution < -0.4 is 5.32 Å². The van der Waals surface area contributed by atoms with E-state index in [1.807, 2.05) is 0 Å². The zero-order valence-electron chi connectivity index (χ0n) is 13.1. The topological polar surface area (TPSA) is 69.7 Å². The van der Waals surface area contributed by atoms with E-state index < -0.39 is 0 Å². The summed E-state index contributed by atoms with van der Waals surface area (Å²) in [5.74, 6) is 0.656. The van der Waals surface area contributed by atoms with Crippen molar-refractivity contribution in [2.24, 2.45) is 0 Å². The molecule has 23 heavy (non-hydrogen) atoms. The first-order valence-corrected chi connectivity index (χ1v) is 8.01. The predicted octanol–water partition coefficient (Wildman–Crippen LogP) is 2.60. The number of fused-ring (bicyclic) bond motifs is 1. The van der Waals surface area contributed by atoms with Crippen molar-refractivity contribution in [3.8, 4) is 0 Å². The highest BCUT2D eigenvalue weighted by molar-refractivity contribution is 5.69. The first-order valence-electron chi connectivity index (χ1n) is 8.01. The maximum absolute atomic E-state index is 4.44. The van der Waals surface area contributed by atoms with Crippen LogP contribution in [-0.2, 0) is 0 Å². The van der Waals surface area contributed by atoms with Gasteiger partial charge in [0.15, 0.2) is 5.65 Å². The summed E-state index contributed by atoms with van der Waals surface area (Å²) in [7, 11) is 0. The van der Waals surface area contributed by atoms with E-state index in [1.54, 1.807) is 12.5 Å². The molecule has 2 aromatic heterocycles. The highest BCUT2D eigenvalue weighted by atomic mass is 15.2. The third-order valence-electron chi connectivity index (χ3n) is 4.56. The largest absolute Gasteiger partial charge is 0.350 e. The molecule has 0 radical (unpaired) electrons. The lowest BCUT2D eigenvalue weighted by Gasteiger charge is -2.24. The Bertz CT molecular complexity index is 784. The molecule has 3 aromatic rings. The van der Waals surface area contributed by atoms with Crippen LogP contribution in [0.2, 0.25) is 0 Å². The fourth-order valence-corrected chi connectivity index (χ4v) is 3.19. The Labute approximate surface area is 135 Å². The van der Waals surface area contributed by atoms with Crippen molar-refractivity contribution < 1.29 is 0 Å². The molecule has 6 heteroatoms. The smallest absolute Gasteiger partial charge is 0.225 e. The molecule has 1 fully saturated rings. The van der Waals surface area contributed by atoms with Gasteiger partial charge in [0.2, 0.25) is 5.95 Å². The van der Waals surface area contributed by atoms with Gasteiger partial charge in [0.25, 0.3) is 0 Å². The average molecular weight is 308 g/mol. The van der Waals surface area contributed by atoms with Crippen LogP contribution in [0.25, 0.3) is 11.2 Å². The van der Waals surface area contributed by atoms with Crippen molar-refractivity contribution >= 4 is 17.1 Å². The van der Waals surface area contributed by atoms with Gasteiger partial charge in [-0.1, -0.05) is 30.3 Å². The Hall–Kier alpha value is -2.47. The van der Waals surface area contributed by atoms with Gasteiger partial charge in [0.1, 0.15) is 5.52 Å².